The third-order valence-electron chi connectivity index (χ3n) is 4.47. The van der Waals surface area contributed by atoms with Crippen LogP contribution in [-0.2, 0) is 13.2 Å². The molecule has 1 N–H and O–H groups in total. The molecule has 27 heavy (non-hydrogen) atoms. The second-order valence-electron chi connectivity index (χ2n) is 6.49. The third-order valence-corrected chi connectivity index (χ3v) is 4.47. The zero-order chi connectivity index (χ0) is 18.9. The Morgan fingerprint density at radius 3 is 2.22 bits per heavy atom. The van der Waals surface area contributed by atoms with Gasteiger partial charge in [-0.3, -0.25) is 0 Å². The summed E-state index contributed by atoms with van der Waals surface area (Å²) < 4.78 is 11.6. The van der Waals surface area contributed by atoms with E-state index >= 15 is 0 Å². The summed E-state index contributed by atoms with van der Waals surface area (Å²) >= 11 is 0. The summed E-state index contributed by atoms with van der Waals surface area (Å²) in [5.41, 5.74) is 3.58. The molecule has 3 heteroatoms. The van der Waals surface area contributed by atoms with Crippen molar-refractivity contribution in [3.63, 3.8) is 0 Å². The number of benzene rings is 3. The summed E-state index contributed by atoms with van der Waals surface area (Å²) in [6.07, 6.45) is 0. The molecule has 0 bridgehead atoms. The van der Waals surface area contributed by atoms with Crippen molar-refractivity contribution in [2.45, 2.75) is 33.0 Å². The SMILES string of the molecule is CCOc1ccccc1C(C)NCc1ccc(OCc2ccccc2)cc1. The Kier molecular flexibility index (Phi) is 6.89. The molecule has 3 aromatic carbocycles. The van der Waals surface area contributed by atoms with Gasteiger partial charge in [0.25, 0.3) is 0 Å². The molecule has 0 amide bonds. The minimum atomic E-state index is 0.210. The molecule has 0 heterocycles. The van der Waals surface area contributed by atoms with Crippen LogP contribution in [0.4, 0.5) is 0 Å². The molecule has 0 aliphatic carbocycles. The molecule has 140 valence electrons. The molecule has 3 rings (SSSR count). The van der Waals surface area contributed by atoms with Gasteiger partial charge in [0.15, 0.2) is 0 Å². The number of hydrogen-bond acceptors (Lipinski definition) is 3. The minimum absolute atomic E-state index is 0.210. The lowest BCUT2D eigenvalue weighted by Gasteiger charge is -2.18. The van der Waals surface area contributed by atoms with Gasteiger partial charge < -0.3 is 14.8 Å². The van der Waals surface area contributed by atoms with Gasteiger partial charge in [0.2, 0.25) is 0 Å². The maximum atomic E-state index is 5.85. The number of ether oxygens (including phenoxy) is 2. The number of rotatable bonds is 9. The van der Waals surface area contributed by atoms with Gasteiger partial charge in [-0.15, -0.1) is 0 Å². The summed E-state index contributed by atoms with van der Waals surface area (Å²) in [7, 11) is 0. The van der Waals surface area contributed by atoms with E-state index in [1.807, 2.05) is 49.4 Å². The van der Waals surface area contributed by atoms with Crippen LogP contribution in [0.5, 0.6) is 11.5 Å². The third kappa shape index (κ3) is 5.60. The summed E-state index contributed by atoms with van der Waals surface area (Å²) in [6, 6.07) is 26.9. The van der Waals surface area contributed by atoms with Gasteiger partial charge in [0, 0.05) is 18.2 Å². The molecular weight excluding hydrogens is 334 g/mol. The predicted octanol–water partition coefficient (Wildman–Crippen LogP) is 5.52. The molecule has 0 aliphatic heterocycles. The summed E-state index contributed by atoms with van der Waals surface area (Å²) in [6.45, 7) is 6.23. The highest BCUT2D eigenvalue weighted by molar-refractivity contribution is 5.36. The van der Waals surface area contributed by atoms with Crippen LogP contribution in [0.3, 0.4) is 0 Å². The average Bonchev–Trinajstić information content (AvgIpc) is 2.73. The van der Waals surface area contributed by atoms with Crippen molar-refractivity contribution in [3.05, 3.63) is 95.6 Å². The normalized spacial score (nSPS) is 11.8. The number of hydrogen-bond donors (Lipinski definition) is 1. The molecular formula is C24H27NO2. The van der Waals surface area contributed by atoms with Gasteiger partial charge in [-0.25, -0.2) is 0 Å². The van der Waals surface area contributed by atoms with Crippen LogP contribution in [0.25, 0.3) is 0 Å². The Morgan fingerprint density at radius 1 is 0.778 bits per heavy atom. The molecule has 1 atom stereocenters. The quantitative estimate of drug-likeness (QED) is 0.545. The smallest absolute Gasteiger partial charge is 0.124 e. The molecule has 3 aromatic rings. The molecule has 3 nitrogen and oxygen atoms in total. The van der Waals surface area contributed by atoms with Gasteiger partial charge >= 0.3 is 0 Å². The van der Waals surface area contributed by atoms with Gasteiger partial charge in [-0.1, -0.05) is 60.7 Å². The highest BCUT2D eigenvalue weighted by atomic mass is 16.5. The highest BCUT2D eigenvalue weighted by Crippen LogP contribution is 2.25. The Labute approximate surface area is 162 Å². The first kappa shape index (κ1) is 19.0. The fourth-order valence-corrected chi connectivity index (χ4v) is 2.95. The van der Waals surface area contributed by atoms with Crippen LogP contribution in [-0.4, -0.2) is 6.61 Å². The largest absolute Gasteiger partial charge is 0.494 e. The fourth-order valence-electron chi connectivity index (χ4n) is 2.95. The van der Waals surface area contributed by atoms with Crippen LogP contribution < -0.4 is 14.8 Å². The lowest BCUT2D eigenvalue weighted by molar-refractivity contribution is 0.306. The minimum Gasteiger partial charge on any atom is -0.494 e. The van der Waals surface area contributed by atoms with Gasteiger partial charge in [0.1, 0.15) is 18.1 Å². The van der Waals surface area contributed by atoms with E-state index in [2.05, 4.69) is 48.6 Å². The number of nitrogens with one attached hydrogen (secondary N) is 1. The zero-order valence-corrected chi connectivity index (χ0v) is 16.0. The second-order valence-corrected chi connectivity index (χ2v) is 6.49. The van der Waals surface area contributed by atoms with Crippen LogP contribution >= 0.6 is 0 Å². The molecule has 1 unspecified atom stereocenters. The Morgan fingerprint density at radius 2 is 1.48 bits per heavy atom. The Hall–Kier alpha value is -2.78. The number of para-hydroxylation sites is 1. The lowest BCUT2D eigenvalue weighted by atomic mass is 10.1. The van der Waals surface area contributed by atoms with Gasteiger partial charge in [-0.05, 0) is 43.2 Å². The van der Waals surface area contributed by atoms with Crippen molar-refractivity contribution in [2.75, 3.05) is 6.61 Å². The standard InChI is InChI=1S/C24H27NO2/c1-3-26-24-12-8-7-11-23(24)19(2)25-17-20-13-15-22(16-14-20)27-18-21-9-5-4-6-10-21/h4-16,19,25H,3,17-18H2,1-2H3. The molecule has 0 aromatic heterocycles. The van der Waals surface area contributed by atoms with E-state index in [0.717, 1.165) is 18.0 Å². The topological polar surface area (TPSA) is 30.5 Å². The van der Waals surface area contributed by atoms with E-state index in [1.165, 1.54) is 16.7 Å². The van der Waals surface area contributed by atoms with Crippen LogP contribution in [0, 0.1) is 0 Å². The maximum Gasteiger partial charge on any atom is 0.124 e. The predicted molar refractivity (Wildman–Crippen MR) is 110 cm³/mol. The lowest BCUT2D eigenvalue weighted by Crippen LogP contribution is -2.18. The monoisotopic (exact) mass is 361 g/mol. The molecule has 0 spiro atoms. The van der Waals surface area contributed by atoms with E-state index in [-0.39, 0.29) is 6.04 Å². The fraction of sp³-hybridized carbons (Fsp3) is 0.250. The van der Waals surface area contributed by atoms with Crippen LogP contribution in [0.1, 0.15) is 36.6 Å². The summed E-state index contributed by atoms with van der Waals surface area (Å²) in [4.78, 5) is 0. The highest BCUT2D eigenvalue weighted by Gasteiger charge is 2.10. The van der Waals surface area contributed by atoms with Crippen LogP contribution in [0.15, 0.2) is 78.9 Å². The maximum absolute atomic E-state index is 5.85. The first-order valence-electron chi connectivity index (χ1n) is 9.47. The Bertz CT molecular complexity index is 815. The van der Waals surface area contributed by atoms with Crippen molar-refractivity contribution < 1.29 is 9.47 Å². The van der Waals surface area contributed by atoms with E-state index in [1.54, 1.807) is 0 Å². The molecule has 0 saturated heterocycles. The summed E-state index contributed by atoms with van der Waals surface area (Å²) in [5, 5.41) is 3.57. The molecule has 0 radical (unpaired) electrons. The first-order valence-corrected chi connectivity index (χ1v) is 9.47. The summed E-state index contributed by atoms with van der Waals surface area (Å²) in [5.74, 6) is 1.84. The van der Waals surface area contributed by atoms with Crippen LogP contribution in [0.2, 0.25) is 0 Å². The first-order chi connectivity index (χ1) is 13.3. The van der Waals surface area contributed by atoms with Crippen molar-refractivity contribution in [3.8, 4) is 11.5 Å². The van der Waals surface area contributed by atoms with Crippen molar-refractivity contribution in [1.82, 2.24) is 5.32 Å². The molecule has 0 fully saturated rings. The van der Waals surface area contributed by atoms with Crippen molar-refractivity contribution in [1.29, 1.82) is 0 Å². The van der Waals surface area contributed by atoms with Crippen molar-refractivity contribution in [2.24, 2.45) is 0 Å². The second kappa shape index (κ2) is 9.79. The van der Waals surface area contributed by atoms with Gasteiger partial charge in [-0.2, -0.15) is 0 Å². The van der Waals surface area contributed by atoms with E-state index in [4.69, 9.17) is 9.47 Å². The Balaban J connectivity index is 1.52. The van der Waals surface area contributed by atoms with Crippen molar-refractivity contribution >= 4 is 0 Å². The molecule has 0 aliphatic rings. The van der Waals surface area contributed by atoms with E-state index in [9.17, 15) is 0 Å². The zero-order valence-electron chi connectivity index (χ0n) is 16.0. The van der Waals surface area contributed by atoms with E-state index < -0.39 is 0 Å². The van der Waals surface area contributed by atoms with E-state index in [0.29, 0.717) is 13.2 Å². The average molecular weight is 361 g/mol. The van der Waals surface area contributed by atoms with Gasteiger partial charge in [0.05, 0.1) is 6.61 Å². The molecule has 0 saturated carbocycles.